The molecule has 30 heavy (non-hydrogen) atoms. The van der Waals surface area contributed by atoms with Crippen molar-refractivity contribution >= 4 is 32.6 Å². The normalized spacial score (nSPS) is 11.6. The van der Waals surface area contributed by atoms with Crippen molar-refractivity contribution < 1.29 is 17.9 Å². The molecule has 3 heterocycles. The molecule has 0 spiro atoms. The van der Waals surface area contributed by atoms with Crippen LogP contribution in [0.5, 0.6) is 0 Å². The zero-order chi connectivity index (χ0) is 21.5. The summed E-state index contributed by atoms with van der Waals surface area (Å²) < 4.78 is 36.0. The summed E-state index contributed by atoms with van der Waals surface area (Å²) >= 11 is 0. The third-order valence-corrected chi connectivity index (χ3v) is 5.93. The summed E-state index contributed by atoms with van der Waals surface area (Å²) in [7, 11) is -0.867. The van der Waals surface area contributed by atoms with Gasteiger partial charge in [0.05, 0.1) is 42.5 Å². The number of benzene rings is 1. The summed E-state index contributed by atoms with van der Waals surface area (Å²) in [5, 5.41) is 9.08. The first-order chi connectivity index (χ1) is 14.3. The molecule has 0 aliphatic carbocycles. The van der Waals surface area contributed by atoms with Crippen molar-refractivity contribution in [3.05, 3.63) is 60.2 Å². The molecule has 4 rings (SSSR count). The third-order valence-electron chi connectivity index (χ3n) is 4.61. The first-order valence-corrected chi connectivity index (χ1v) is 10.3. The number of esters is 1. The number of aryl methyl sites for hydroxylation is 2. The Kier molecular flexibility index (Phi) is 4.74. The molecule has 154 valence electrons. The number of methoxy groups -OCH3 is 1. The van der Waals surface area contributed by atoms with Crippen LogP contribution in [-0.4, -0.2) is 46.0 Å². The Bertz CT molecular complexity index is 1370. The Labute approximate surface area is 172 Å². The van der Waals surface area contributed by atoms with Gasteiger partial charge in [0, 0.05) is 18.6 Å². The Balaban J connectivity index is 1.65. The summed E-state index contributed by atoms with van der Waals surface area (Å²) in [5.41, 5.74) is 2.04. The van der Waals surface area contributed by atoms with Crippen LogP contribution in [0.3, 0.4) is 0 Å². The number of aromatic nitrogens is 5. The van der Waals surface area contributed by atoms with Crippen LogP contribution in [0, 0.1) is 6.92 Å². The minimum atomic E-state index is -3.90. The lowest BCUT2D eigenvalue weighted by molar-refractivity contribution is 0.0599. The van der Waals surface area contributed by atoms with Crippen molar-refractivity contribution in [2.75, 3.05) is 11.8 Å². The summed E-state index contributed by atoms with van der Waals surface area (Å²) in [6.45, 7) is 1.73. The molecule has 0 saturated heterocycles. The maximum atomic E-state index is 12.9. The monoisotopic (exact) mass is 426 g/mol. The number of sulfonamides is 1. The molecule has 0 saturated carbocycles. The van der Waals surface area contributed by atoms with E-state index in [4.69, 9.17) is 4.74 Å². The lowest BCUT2D eigenvalue weighted by atomic mass is 10.1. The molecule has 0 fully saturated rings. The smallest absolute Gasteiger partial charge is 0.339 e. The Morgan fingerprint density at radius 1 is 1.17 bits per heavy atom. The number of pyridine rings is 1. The van der Waals surface area contributed by atoms with E-state index in [2.05, 4.69) is 19.9 Å². The molecule has 0 aliphatic heterocycles. The van der Waals surface area contributed by atoms with Crippen LogP contribution in [0.2, 0.25) is 0 Å². The van der Waals surface area contributed by atoms with Gasteiger partial charge in [-0.25, -0.2) is 22.9 Å². The maximum Gasteiger partial charge on any atom is 0.339 e. The Morgan fingerprint density at radius 3 is 2.70 bits per heavy atom. The van der Waals surface area contributed by atoms with E-state index in [1.807, 2.05) is 6.07 Å². The molecule has 0 atom stereocenters. The van der Waals surface area contributed by atoms with Crippen molar-refractivity contribution in [1.29, 1.82) is 0 Å². The molecule has 11 heteroatoms. The zero-order valence-electron chi connectivity index (χ0n) is 16.4. The first kappa shape index (κ1) is 19.6. The van der Waals surface area contributed by atoms with Crippen molar-refractivity contribution in [1.82, 2.24) is 24.5 Å². The van der Waals surface area contributed by atoms with E-state index >= 15 is 0 Å². The van der Waals surface area contributed by atoms with Gasteiger partial charge in [0.25, 0.3) is 10.0 Å². The van der Waals surface area contributed by atoms with Gasteiger partial charge in [-0.3, -0.25) is 9.40 Å². The van der Waals surface area contributed by atoms with Crippen molar-refractivity contribution in [2.45, 2.75) is 11.8 Å². The number of ether oxygens (including phenoxy) is 1. The van der Waals surface area contributed by atoms with Crippen molar-refractivity contribution in [2.24, 2.45) is 7.05 Å². The van der Waals surface area contributed by atoms with Crippen LogP contribution in [0.1, 0.15) is 15.9 Å². The highest BCUT2D eigenvalue weighted by Crippen LogP contribution is 2.25. The van der Waals surface area contributed by atoms with E-state index < -0.39 is 16.0 Å². The molecule has 1 aromatic carbocycles. The first-order valence-electron chi connectivity index (χ1n) is 8.83. The van der Waals surface area contributed by atoms with E-state index in [9.17, 15) is 13.2 Å². The number of carbonyl (C=O) groups excluding carboxylic acids is 1. The summed E-state index contributed by atoms with van der Waals surface area (Å²) in [6, 6.07) is 6.90. The number of hydrogen-bond acceptors (Lipinski definition) is 7. The highest BCUT2D eigenvalue weighted by atomic mass is 32.2. The number of carbonyl (C=O) groups is 1. The molecule has 4 aromatic rings. The van der Waals surface area contributed by atoms with Gasteiger partial charge < -0.3 is 4.74 Å². The van der Waals surface area contributed by atoms with Gasteiger partial charge in [-0.05, 0) is 24.6 Å². The number of para-hydroxylation sites is 1. The lowest BCUT2D eigenvalue weighted by Gasteiger charge is -2.08. The topological polar surface area (TPSA) is 121 Å². The second-order valence-electron chi connectivity index (χ2n) is 6.59. The maximum absolute atomic E-state index is 12.9. The fourth-order valence-corrected chi connectivity index (χ4v) is 4.08. The summed E-state index contributed by atoms with van der Waals surface area (Å²) in [4.78, 5) is 15.9. The SMILES string of the molecule is COC(=O)c1cnc(-n2cc(S(=O)(=O)Nc3cccc4cnn(C)c34)cn2)cc1C. The largest absolute Gasteiger partial charge is 0.465 e. The highest BCUT2D eigenvalue weighted by Gasteiger charge is 2.20. The highest BCUT2D eigenvalue weighted by molar-refractivity contribution is 7.92. The lowest BCUT2D eigenvalue weighted by Crippen LogP contribution is -2.13. The summed E-state index contributed by atoms with van der Waals surface area (Å²) in [6.07, 6.45) is 5.62. The Hall–Kier alpha value is -3.73. The minimum Gasteiger partial charge on any atom is -0.465 e. The van der Waals surface area contributed by atoms with Crippen LogP contribution < -0.4 is 4.72 Å². The predicted molar refractivity (Wildman–Crippen MR) is 109 cm³/mol. The zero-order valence-corrected chi connectivity index (χ0v) is 17.2. The quantitative estimate of drug-likeness (QED) is 0.485. The molecular formula is C19H18N6O4S. The number of fused-ring (bicyclic) bond motifs is 1. The molecule has 0 aliphatic rings. The van der Waals surface area contributed by atoms with Crippen LogP contribution in [0.15, 0.2) is 53.9 Å². The van der Waals surface area contributed by atoms with Gasteiger partial charge in [-0.15, -0.1) is 0 Å². The van der Waals surface area contributed by atoms with Gasteiger partial charge >= 0.3 is 5.97 Å². The second-order valence-corrected chi connectivity index (χ2v) is 8.27. The molecule has 0 amide bonds. The molecule has 3 aromatic heterocycles. The van der Waals surface area contributed by atoms with E-state index in [0.29, 0.717) is 28.1 Å². The number of nitrogens with one attached hydrogen (secondary N) is 1. The molecular weight excluding hydrogens is 408 g/mol. The van der Waals surface area contributed by atoms with Crippen molar-refractivity contribution in [3.8, 4) is 5.82 Å². The molecule has 1 N–H and O–H groups in total. The van der Waals surface area contributed by atoms with Gasteiger partial charge in [-0.2, -0.15) is 10.2 Å². The number of nitrogens with zero attached hydrogens (tertiary/aromatic N) is 5. The summed E-state index contributed by atoms with van der Waals surface area (Å²) in [5.74, 6) is -0.126. The van der Waals surface area contributed by atoms with E-state index in [-0.39, 0.29) is 4.90 Å². The van der Waals surface area contributed by atoms with Crippen molar-refractivity contribution in [3.63, 3.8) is 0 Å². The molecule has 0 radical (unpaired) electrons. The molecule has 0 unspecified atom stereocenters. The van der Waals surface area contributed by atoms with Gasteiger partial charge in [0.2, 0.25) is 0 Å². The van der Waals surface area contributed by atoms with Crippen LogP contribution >= 0.6 is 0 Å². The fourth-order valence-electron chi connectivity index (χ4n) is 3.08. The average molecular weight is 426 g/mol. The third kappa shape index (κ3) is 3.39. The Morgan fingerprint density at radius 2 is 1.97 bits per heavy atom. The van der Waals surface area contributed by atoms with E-state index in [1.54, 1.807) is 43.0 Å². The number of hydrogen-bond donors (Lipinski definition) is 1. The van der Waals surface area contributed by atoms with Crippen LogP contribution in [-0.2, 0) is 21.8 Å². The van der Waals surface area contributed by atoms with Gasteiger partial charge in [0.1, 0.15) is 4.90 Å². The van der Waals surface area contributed by atoms with Crippen LogP contribution in [0.4, 0.5) is 5.69 Å². The average Bonchev–Trinajstić information content (AvgIpc) is 3.36. The number of anilines is 1. The van der Waals surface area contributed by atoms with Gasteiger partial charge in [-0.1, -0.05) is 12.1 Å². The van der Waals surface area contributed by atoms with E-state index in [1.165, 1.54) is 30.4 Å². The predicted octanol–water partition coefficient (Wildman–Crippen LogP) is 2.05. The molecule has 10 nitrogen and oxygen atoms in total. The second kappa shape index (κ2) is 7.26. The molecule has 0 bridgehead atoms. The fraction of sp³-hybridized carbons (Fsp3) is 0.158. The van der Waals surface area contributed by atoms with Crippen LogP contribution in [0.25, 0.3) is 16.7 Å². The standard InChI is InChI=1S/C19H18N6O4S/c1-12-7-17(20-10-15(12)19(26)29-3)25-11-14(9-22-25)30(27,28)23-16-6-4-5-13-8-21-24(2)18(13)16/h4-11,23H,1-3H3. The minimum absolute atomic E-state index is 0.0295. The van der Waals surface area contributed by atoms with E-state index in [0.717, 1.165) is 5.39 Å². The van der Waals surface area contributed by atoms with Gasteiger partial charge in [0.15, 0.2) is 5.82 Å². The number of rotatable bonds is 5.